The van der Waals surface area contributed by atoms with E-state index >= 15 is 0 Å². The van der Waals surface area contributed by atoms with E-state index < -0.39 is 6.10 Å². The SMILES string of the molecule is CCCCCCCCCCCCCCCCCCC(=O)OC[C@@H](O)COC(=O)CCC/C=C\C/C=C\C/C=C\C/C=C\CCCCCO. The molecule has 0 saturated heterocycles. The number of ether oxygens (including phenoxy) is 2. The molecule has 0 aromatic rings. The van der Waals surface area contributed by atoms with Crippen molar-refractivity contribution in [1.82, 2.24) is 0 Å². The molecule has 0 bridgehead atoms. The van der Waals surface area contributed by atoms with E-state index in [2.05, 4.69) is 55.5 Å². The van der Waals surface area contributed by atoms with Gasteiger partial charge in [-0.2, -0.15) is 0 Å². The summed E-state index contributed by atoms with van der Waals surface area (Å²) in [6, 6.07) is 0. The number of hydrogen-bond acceptors (Lipinski definition) is 6. The lowest BCUT2D eigenvalue weighted by Crippen LogP contribution is -2.25. The van der Waals surface area contributed by atoms with E-state index in [-0.39, 0.29) is 25.2 Å². The molecule has 278 valence electrons. The number of allylic oxidation sites excluding steroid dienone is 8. The topological polar surface area (TPSA) is 93.1 Å². The predicted molar refractivity (Wildman–Crippen MR) is 202 cm³/mol. The molecule has 0 radical (unpaired) electrons. The van der Waals surface area contributed by atoms with Crippen LogP contribution >= 0.6 is 0 Å². The Morgan fingerprint density at radius 3 is 1.27 bits per heavy atom. The summed E-state index contributed by atoms with van der Waals surface area (Å²) in [5, 5.41) is 18.8. The van der Waals surface area contributed by atoms with Crippen molar-refractivity contribution < 1.29 is 29.3 Å². The van der Waals surface area contributed by atoms with Crippen molar-refractivity contribution in [3.8, 4) is 0 Å². The van der Waals surface area contributed by atoms with E-state index in [0.29, 0.717) is 25.9 Å². The van der Waals surface area contributed by atoms with Gasteiger partial charge in [0.25, 0.3) is 0 Å². The second kappa shape index (κ2) is 39.3. The molecule has 48 heavy (non-hydrogen) atoms. The van der Waals surface area contributed by atoms with E-state index in [1.165, 1.54) is 83.5 Å². The lowest BCUT2D eigenvalue weighted by molar-refractivity contribution is -0.152. The molecule has 0 aromatic heterocycles. The molecule has 0 spiro atoms. The van der Waals surface area contributed by atoms with Crippen molar-refractivity contribution >= 4 is 11.9 Å². The summed E-state index contributed by atoms with van der Waals surface area (Å²) in [6.07, 6.45) is 46.1. The van der Waals surface area contributed by atoms with Crippen molar-refractivity contribution in [2.75, 3.05) is 19.8 Å². The standard InChI is InChI=1S/C42H74O6/c1-2-3-4-5-6-7-8-9-10-14-17-20-23-26-29-32-35-41(45)47-38-40(44)39-48-42(46)36-33-30-27-24-21-18-15-12-11-13-16-19-22-25-28-31-34-37-43/h11,13,15,18-19,22,24,27,40,43-44H,2-10,12,14,16-17,20-21,23,25-26,28-39H2,1H3/b13-11-,18-15-,22-19-,27-24-/t40-/m1/s1. The fourth-order valence-corrected chi connectivity index (χ4v) is 5.35. The molecule has 0 aliphatic carbocycles. The summed E-state index contributed by atoms with van der Waals surface area (Å²) in [7, 11) is 0. The molecule has 0 rings (SSSR count). The second-order valence-corrected chi connectivity index (χ2v) is 13.1. The minimum atomic E-state index is -0.991. The molecule has 0 amide bonds. The van der Waals surface area contributed by atoms with Crippen molar-refractivity contribution in [1.29, 1.82) is 0 Å². The molecule has 6 heteroatoms. The van der Waals surface area contributed by atoms with Crippen LogP contribution in [-0.4, -0.2) is 48.1 Å². The second-order valence-electron chi connectivity index (χ2n) is 13.1. The molecule has 0 heterocycles. The average Bonchev–Trinajstić information content (AvgIpc) is 3.09. The first-order chi connectivity index (χ1) is 23.6. The molecule has 0 fully saturated rings. The summed E-state index contributed by atoms with van der Waals surface area (Å²) in [5.74, 6) is -0.640. The highest BCUT2D eigenvalue weighted by molar-refractivity contribution is 5.69. The summed E-state index contributed by atoms with van der Waals surface area (Å²) in [4.78, 5) is 23.9. The summed E-state index contributed by atoms with van der Waals surface area (Å²) in [6.45, 7) is 2.27. The third-order valence-corrected chi connectivity index (χ3v) is 8.37. The maximum absolute atomic E-state index is 12.0. The molecule has 0 aromatic carbocycles. The van der Waals surface area contributed by atoms with Crippen LogP contribution in [0, 0.1) is 0 Å². The van der Waals surface area contributed by atoms with Crippen LogP contribution < -0.4 is 0 Å². The first kappa shape index (κ1) is 45.8. The minimum absolute atomic E-state index is 0.138. The van der Waals surface area contributed by atoms with Gasteiger partial charge in [0.05, 0.1) is 0 Å². The van der Waals surface area contributed by atoms with E-state index in [1.54, 1.807) is 0 Å². The van der Waals surface area contributed by atoms with Gasteiger partial charge in [-0.05, 0) is 57.8 Å². The summed E-state index contributed by atoms with van der Waals surface area (Å²) >= 11 is 0. The fraction of sp³-hybridized carbons (Fsp3) is 0.762. The van der Waals surface area contributed by atoms with E-state index in [4.69, 9.17) is 14.6 Å². The van der Waals surface area contributed by atoms with Gasteiger partial charge in [0.15, 0.2) is 0 Å². The van der Waals surface area contributed by atoms with Crippen LogP contribution in [0.15, 0.2) is 48.6 Å². The molecule has 0 unspecified atom stereocenters. The van der Waals surface area contributed by atoms with E-state index in [1.807, 2.05) is 0 Å². The smallest absolute Gasteiger partial charge is 0.305 e. The fourth-order valence-electron chi connectivity index (χ4n) is 5.35. The molecule has 6 nitrogen and oxygen atoms in total. The highest BCUT2D eigenvalue weighted by Gasteiger charge is 2.12. The number of esters is 2. The van der Waals surface area contributed by atoms with Gasteiger partial charge in [-0.15, -0.1) is 0 Å². The van der Waals surface area contributed by atoms with Crippen molar-refractivity contribution in [3.63, 3.8) is 0 Å². The van der Waals surface area contributed by atoms with Crippen LogP contribution in [0.4, 0.5) is 0 Å². The summed E-state index contributed by atoms with van der Waals surface area (Å²) < 4.78 is 10.3. The van der Waals surface area contributed by atoms with Gasteiger partial charge >= 0.3 is 11.9 Å². The molecule has 1 atom stereocenters. The minimum Gasteiger partial charge on any atom is -0.463 e. The lowest BCUT2D eigenvalue weighted by Gasteiger charge is -2.12. The predicted octanol–water partition coefficient (Wildman–Crippen LogP) is 11.2. The van der Waals surface area contributed by atoms with Crippen molar-refractivity contribution in [2.24, 2.45) is 0 Å². The number of unbranched alkanes of at least 4 members (excludes halogenated alkanes) is 19. The van der Waals surface area contributed by atoms with Gasteiger partial charge in [0.1, 0.15) is 19.3 Å². The van der Waals surface area contributed by atoms with Crippen LogP contribution in [0.2, 0.25) is 0 Å². The van der Waals surface area contributed by atoms with Crippen LogP contribution in [0.25, 0.3) is 0 Å². The Hall–Kier alpha value is -2.18. The van der Waals surface area contributed by atoms with Gasteiger partial charge in [-0.3, -0.25) is 9.59 Å². The first-order valence-electron chi connectivity index (χ1n) is 19.8. The van der Waals surface area contributed by atoms with Gasteiger partial charge in [0.2, 0.25) is 0 Å². The zero-order valence-electron chi connectivity index (χ0n) is 30.9. The Kier molecular flexibility index (Phi) is 37.5. The zero-order valence-corrected chi connectivity index (χ0v) is 30.9. The number of aliphatic hydroxyl groups excluding tert-OH is 2. The maximum Gasteiger partial charge on any atom is 0.305 e. The highest BCUT2D eigenvalue weighted by Crippen LogP contribution is 2.14. The maximum atomic E-state index is 12.0. The Labute approximate surface area is 295 Å². The molecule has 0 aliphatic heterocycles. The monoisotopic (exact) mass is 675 g/mol. The Bertz CT molecular complexity index is 815. The normalized spacial score (nSPS) is 12.6. The van der Waals surface area contributed by atoms with Gasteiger partial charge in [-0.25, -0.2) is 0 Å². The molecule has 0 aliphatic rings. The third-order valence-electron chi connectivity index (χ3n) is 8.37. The number of carbonyl (C=O) groups is 2. The van der Waals surface area contributed by atoms with E-state index in [9.17, 15) is 14.7 Å². The van der Waals surface area contributed by atoms with Crippen molar-refractivity contribution in [2.45, 2.75) is 186 Å². The number of hydrogen-bond donors (Lipinski definition) is 2. The Balaban J connectivity index is 3.52. The first-order valence-corrected chi connectivity index (χ1v) is 19.8. The van der Waals surface area contributed by atoms with Crippen LogP contribution in [0.3, 0.4) is 0 Å². The van der Waals surface area contributed by atoms with Crippen LogP contribution in [-0.2, 0) is 19.1 Å². The molecular formula is C42H74O6. The largest absolute Gasteiger partial charge is 0.463 e. The zero-order chi connectivity index (χ0) is 35.0. The quantitative estimate of drug-likeness (QED) is 0.0390. The lowest BCUT2D eigenvalue weighted by atomic mass is 10.0. The third kappa shape index (κ3) is 38.3. The van der Waals surface area contributed by atoms with Gasteiger partial charge < -0.3 is 19.7 Å². The number of rotatable bonds is 36. The van der Waals surface area contributed by atoms with Crippen molar-refractivity contribution in [3.05, 3.63) is 48.6 Å². The Morgan fingerprint density at radius 2 is 0.833 bits per heavy atom. The number of carbonyl (C=O) groups excluding carboxylic acids is 2. The van der Waals surface area contributed by atoms with Crippen LogP contribution in [0.1, 0.15) is 180 Å². The highest BCUT2D eigenvalue weighted by atomic mass is 16.6. The summed E-state index contributed by atoms with van der Waals surface area (Å²) in [5.41, 5.74) is 0. The average molecular weight is 675 g/mol. The number of aliphatic hydroxyl groups is 2. The van der Waals surface area contributed by atoms with Gasteiger partial charge in [0, 0.05) is 19.4 Å². The van der Waals surface area contributed by atoms with Crippen LogP contribution in [0.5, 0.6) is 0 Å². The molecule has 0 saturated carbocycles. The van der Waals surface area contributed by atoms with E-state index in [0.717, 1.165) is 70.6 Å². The van der Waals surface area contributed by atoms with Gasteiger partial charge in [-0.1, -0.05) is 158 Å². The molecular weight excluding hydrogens is 600 g/mol. The molecule has 2 N–H and O–H groups in total. The Morgan fingerprint density at radius 1 is 0.479 bits per heavy atom.